The Bertz CT molecular complexity index is 1030. The van der Waals surface area contributed by atoms with Crippen molar-refractivity contribution >= 4 is 41.0 Å². The number of rotatable bonds is 6. The van der Waals surface area contributed by atoms with Crippen LogP contribution < -0.4 is 10.6 Å². The second-order valence-electron chi connectivity index (χ2n) is 7.92. The zero-order chi connectivity index (χ0) is 22.9. The number of imide groups is 1. The minimum atomic E-state index is -1.38. The lowest BCUT2D eigenvalue weighted by molar-refractivity contribution is -0.135. The van der Waals surface area contributed by atoms with Crippen molar-refractivity contribution in [3.8, 4) is 0 Å². The third-order valence-corrected chi connectivity index (χ3v) is 6.02. The van der Waals surface area contributed by atoms with Crippen LogP contribution in [-0.4, -0.2) is 29.3 Å². The Labute approximate surface area is 189 Å². The van der Waals surface area contributed by atoms with Crippen LogP contribution in [0.2, 0.25) is 10.0 Å². The number of halogens is 3. The normalized spacial score (nSPS) is 19.5. The fraction of sp³-hybridized carbons (Fsp3) is 0.318. The van der Waals surface area contributed by atoms with E-state index in [0.717, 1.165) is 10.5 Å². The highest BCUT2D eigenvalue weighted by Crippen LogP contribution is 2.33. The zero-order valence-corrected chi connectivity index (χ0v) is 18.7. The molecule has 1 fully saturated rings. The van der Waals surface area contributed by atoms with Crippen molar-refractivity contribution in [2.45, 2.75) is 32.4 Å². The highest BCUT2D eigenvalue weighted by Gasteiger charge is 2.49. The summed E-state index contributed by atoms with van der Waals surface area (Å²) in [5, 5.41) is 6.03. The summed E-state index contributed by atoms with van der Waals surface area (Å²) in [6.45, 7) is 4.90. The molecule has 1 aliphatic rings. The Balaban J connectivity index is 1.76. The average molecular weight is 466 g/mol. The Morgan fingerprint density at radius 3 is 2.35 bits per heavy atom. The van der Waals surface area contributed by atoms with Gasteiger partial charge in [-0.3, -0.25) is 14.5 Å². The van der Waals surface area contributed by atoms with Gasteiger partial charge in [-0.15, -0.1) is 0 Å². The lowest BCUT2D eigenvalue weighted by Crippen LogP contribution is -2.44. The highest BCUT2D eigenvalue weighted by atomic mass is 35.5. The van der Waals surface area contributed by atoms with E-state index in [1.807, 2.05) is 13.8 Å². The fourth-order valence-corrected chi connectivity index (χ4v) is 3.81. The molecule has 6 nitrogen and oxygen atoms in total. The molecule has 31 heavy (non-hydrogen) atoms. The van der Waals surface area contributed by atoms with Gasteiger partial charge in [-0.1, -0.05) is 55.2 Å². The summed E-state index contributed by atoms with van der Waals surface area (Å²) in [5.41, 5.74) is -0.197. The van der Waals surface area contributed by atoms with Crippen molar-refractivity contribution in [1.82, 2.24) is 15.5 Å². The number of hydrogen-bond donors (Lipinski definition) is 2. The van der Waals surface area contributed by atoms with Crippen molar-refractivity contribution in [1.29, 1.82) is 0 Å². The van der Waals surface area contributed by atoms with Gasteiger partial charge in [0.05, 0.1) is 16.1 Å². The summed E-state index contributed by atoms with van der Waals surface area (Å²) in [6, 6.07) is 9.37. The first-order chi connectivity index (χ1) is 14.5. The summed E-state index contributed by atoms with van der Waals surface area (Å²) >= 11 is 12.0. The second-order valence-corrected chi connectivity index (χ2v) is 8.73. The van der Waals surface area contributed by atoms with E-state index in [2.05, 4.69) is 10.6 Å². The number of nitrogens with one attached hydrogen (secondary N) is 2. The van der Waals surface area contributed by atoms with Crippen LogP contribution in [0.5, 0.6) is 0 Å². The molecule has 2 atom stereocenters. The number of urea groups is 1. The second kappa shape index (κ2) is 8.85. The van der Waals surface area contributed by atoms with E-state index in [4.69, 9.17) is 23.2 Å². The molecule has 0 saturated carbocycles. The molecule has 3 rings (SSSR count). The molecule has 0 bridgehead atoms. The maximum atomic E-state index is 13.2. The van der Waals surface area contributed by atoms with Gasteiger partial charge < -0.3 is 10.6 Å². The van der Waals surface area contributed by atoms with E-state index in [-0.39, 0.29) is 16.8 Å². The van der Waals surface area contributed by atoms with E-state index in [1.165, 1.54) is 24.3 Å². The van der Waals surface area contributed by atoms with Crippen molar-refractivity contribution in [2.24, 2.45) is 5.92 Å². The number of hydrogen-bond acceptors (Lipinski definition) is 3. The van der Waals surface area contributed by atoms with Gasteiger partial charge in [0, 0.05) is 0 Å². The van der Waals surface area contributed by atoms with Gasteiger partial charge in [-0.25, -0.2) is 9.18 Å². The number of nitrogens with zero attached hydrogens (tertiary/aromatic N) is 1. The predicted molar refractivity (Wildman–Crippen MR) is 116 cm³/mol. The monoisotopic (exact) mass is 465 g/mol. The lowest BCUT2D eigenvalue weighted by Gasteiger charge is -2.25. The van der Waals surface area contributed by atoms with Gasteiger partial charge in [0.15, 0.2) is 0 Å². The molecule has 0 spiro atoms. The van der Waals surface area contributed by atoms with Crippen LogP contribution in [0.25, 0.3) is 0 Å². The zero-order valence-electron chi connectivity index (χ0n) is 17.2. The molecule has 4 amide bonds. The molecular formula is C22H22Cl2FN3O3. The standard InChI is InChI=1S/C22H22Cl2FN3O3/c1-12(2)19(13-4-7-15(25)8-5-13)26-18(29)11-28-20(30)22(3,27-21(28)31)14-6-9-16(23)17(24)10-14/h4-10,12,19H,11H2,1-3H3,(H,26,29)(H,27,31). The third-order valence-electron chi connectivity index (χ3n) is 5.29. The van der Waals surface area contributed by atoms with Gasteiger partial charge >= 0.3 is 6.03 Å². The molecule has 0 aliphatic carbocycles. The molecule has 9 heteroatoms. The Kier molecular flexibility index (Phi) is 6.57. The van der Waals surface area contributed by atoms with Crippen molar-refractivity contribution < 1.29 is 18.8 Å². The van der Waals surface area contributed by atoms with E-state index in [0.29, 0.717) is 10.6 Å². The van der Waals surface area contributed by atoms with Crippen LogP contribution in [-0.2, 0) is 15.1 Å². The molecule has 0 aromatic heterocycles. The Morgan fingerprint density at radius 1 is 1.13 bits per heavy atom. The number of carbonyl (C=O) groups excluding carboxylic acids is 3. The maximum absolute atomic E-state index is 13.2. The molecule has 0 radical (unpaired) electrons. The summed E-state index contributed by atoms with van der Waals surface area (Å²) in [7, 11) is 0. The van der Waals surface area contributed by atoms with Crippen LogP contribution >= 0.6 is 23.2 Å². The first-order valence-corrected chi connectivity index (χ1v) is 10.4. The molecule has 1 aliphatic heterocycles. The predicted octanol–water partition coefficient (Wildman–Crippen LogP) is 4.41. The summed E-state index contributed by atoms with van der Waals surface area (Å²) < 4.78 is 13.2. The van der Waals surface area contributed by atoms with E-state index in [9.17, 15) is 18.8 Å². The third kappa shape index (κ3) is 4.67. The van der Waals surface area contributed by atoms with Crippen molar-refractivity contribution in [3.63, 3.8) is 0 Å². The van der Waals surface area contributed by atoms with Crippen molar-refractivity contribution in [2.75, 3.05) is 6.54 Å². The Morgan fingerprint density at radius 2 is 1.77 bits per heavy atom. The van der Waals surface area contributed by atoms with E-state index in [1.54, 1.807) is 25.1 Å². The number of amides is 4. The summed E-state index contributed by atoms with van der Waals surface area (Å²) in [4.78, 5) is 39.1. The molecule has 2 N–H and O–H groups in total. The molecule has 2 unspecified atom stereocenters. The fourth-order valence-electron chi connectivity index (χ4n) is 3.51. The minimum Gasteiger partial charge on any atom is -0.347 e. The first kappa shape index (κ1) is 23.0. The van der Waals surface area contributed by atoms with E-state index >= 15 is 0 Å². The molecule has 2 aromatic rings. The first-order valence-electron chi connectivity index (χ1n) is 9.67. The van der Waals surface area contributed by atoms with Crippen LogP contribution in [0.4, 0.5) is 9.18 Å². The molecule has 1 heterocycles. The topological polar surface area (TPSA) is 78.5 Å². The molecule has 164 valence electrons. The molecule has 1 saturated heterocycles. The quantitative estimate of drug-likeness (QED) is 0.619. The Hall–Kier alpha value is -2.64. The van der Waals surface area contributed by atoms with Gasteiger partial charge in [-0.05, 0) is 48.2 Å². The maximum Gasteiger partial charge on any atom is 0.325 e. The number of carbonyl (C=O) groups is 3. The van der Waals surface area contributed by atoms with Gasteiger partial charge in [-0.2, -0.15) is 0 Å². The van der Waals surface area contributed by atoms with Crippen LogP contribution in [0.3, 0.4) is 0 Å². The van der Waals surface area contributed by atoms with Crippen LogP contribution in [0.15, 0.2) is 42.5 Å². The van der Waals surface area contributed by atoms with Crippen LogP contribution in [0.1, 0.15) is 37.9 Å². The van der Waals surface area contributed by atoms with Gasteiger partial charge in [0.25, 0.3) is 5.91 Å². The lowest BCUT2D eigenvalue weighted by atomic mass is 9.92. The summed E-state index contributed by atoms with van der Waals surface area (Å²) in [5.74, 6) is -1.46. The highest BCUT2D eigenvalue weighted by molar-refractivity contribution is 6.42. The van der Waals surface area contributed by atoms with E-state index < -0.39 is 36.0 Å². The molecular weight excluding hydrogens is 444 g/mol. The largest absolute Gasteiger partial charge is 0.347 e. The average Bonchev–Trinajstić information content (AvgIpc) is 2.92. The van der Waals surface area contributed by atoms with Gasteiger partial charge in [0.1, 0.15) is 17.9 Å². The smallest absolute Gasteiger partial charge is 0.325 e. The number of benzene rings is 2. The minimum absolute atomic E-state index is 0.000933. The summed E-state index contributed by atoms with van der Waals surface area (Å²) in [6.07, 6.45) is 0. The molecule has 2 aromatic carbocycles. The van der Waals surface area contributed by atoms with Crippen LogP contribution in [0, 0.1) is 11.7 Å². The SMILES string of the molecule is CC(C)C(NC(=O)CN1C(=O)NC(C)(c2ccc(Cl)c(Cl)c2)C1=O)c1ccc(F)cc1. The van der Waals surface area contributed by atoms with Gasteiger partial charge in [0.2, 0.25) is 5.91 Å². The van der Waals surface area contributed by atoms with Crippen molar-refractivity contribution in [3.05, 3.63) is 69.5 Å².